The zero-order valence-electron chi connectivity index (χ0n) is 20.4. The number of nitrogens with zero attached hydrogens (tertiary/aromatic N) is 1. The number of ketones is 2. The van der Waals surface area contributed by atoms with Crippen LogP contribution < -0.4 is 11.2 Å². The van der Waals surface area contributed by atoms with Crippen molar-refractivity contribution in [3.8, 4) is 0 Å². The molecule has 10 heteroatoms. The molecule has 0 radical (unpaired) electrons. The molecule has 4 rings (SSSR count). The van der Waals surface area contributed by atoms with E-state index in [0.717, 1.165) is 10.8 Å². The summed E-state index contributed by atoms with van der Waals surface area (Å²) >= 11 is 0. The number of hydrogen-bond donors (Lipinski definition) is 4. The van der Waals surface area contributed by atoms with Gasteiger partial charge in [-0.05, 0) is 25.0 Å². The fourth-order valence-corrected chi connectivity index (χ4v) is 4.87. The average molecular weight is 509 g/mol. The van der Waals surface area contributed by atoms with Gasteiger partial charge in [-0.2, -0.15) is 0 Å². The van der Waals surface area contributed by atoms with Gasteiger partial charge in [0.2, 0.25) is 0 Å². The molecule has 4 N–H and O–H groups in total. The van der Waals surface area contributed by atoms with Crippen molar-refractivity contribution in [2.24, 2.45) is 5.92 Å². The fourth-order valence-electron chi connectivity index (χ4n) is 4.87. The van der Waals surface area contributed by atoms with E-state index in [1.165, 1.54) is 12.1 Å². The van der Waals surface area contributed by atoms with E-state index in [0.29, 0.717) is 11.1 Å². The monoisotopic (exact) mass is 508 g/mol. The lowest BCUT2D eigenvalue weighted by Gasteiger charge is -2.32. The van der Waals surface area contributed by atoms with Crippen LogP contribution in [-0.4, -0.2) is 61.4 Å². The van der Waals surface area contributed by atoms with Crippen LogP contribution in [0.3, 0.4) is 0 Å². The molecule has 1 saturated heterocycles. The first-order valence-corrected chi connectivity index (χ1v) is 11.8. The van der Waals surface area contributed by atoms with Gasteiger partial charge >= 0.3 is 5.69 Å². The number of H-pyrrole nitrogens is 1. The molecule has 2 aromatic carbocycles. The summed E-state index contributed by atoms with van der Waals surface area (Å²) in [5, 5.41) is 31.6. The van der Waals surface area contributed by atoms with E-state index < -0.39 is 53.3 Å². The number of aromatic amines is 1. The maximum atomic E-state index is 14.0. The first-order valence-electron chi connectivity index (χ1n) is 11.8. The second kappa shape index (κ2) is 10.3. The second-order valence-electron chi connectivity index (χ2n) is 9.12. The molecule has 0 saturated carbocycles. The number of nitrogens with one attached hydrogen (secondary N) is 1. The lowest BCUT2D eigenvalue weighted by Crippen LogP contribution is -2.55. The molecular weight excluding hydrogens is 480 g/mol. The number of aromatic nitrogens is 2. The topological polar surface area (TPSA) is 159 Å². The SMILES string of the molecule is Cc1ccccc1C(=O)[C@H]1[C@H](n2cc(CCO)c(=O)[nH]c2=O)O[C@H](CO)[C@]1(O)C(=O)c1ccccc1C. The number of hydrogen-bond acceptors (Lipinski definition) is 8. The number of Topliss-reactive ketones (excluding diaryl/α,β-unsaturated/α-hetero) is 2. The van der Waals surface area contributed by atoms with Crippen molar-refractivity contribution in [3.63, 3.8) is 0 Å². The summed E-state index contributed by atoms with van der Waals surface area (Å²) in [6.45, 7) is 2.15. The van der Waals surface area contributed by atoms with Crippen LogP contribution in [0.4, 0.5) is 0 Å². The van der Waals surface area contributed by atoms with E-state index in [-0.39, 0.29) is 29.7 Å². The van der Waals surface area contributed by atoms with Crippen molar-refractivity contribution in [1.82, 2.24) is 9.55 Å². The zero-order chi connectivity index (χ0) is 26.9. The van der Waals surface area contributed by atoms with E-state index in [9.17, 15) is 34.5 Å². The van der Waals surface area contributed by atoms with Crippen LogP contribution in [0.1, 0.15) is 43.6 Å². The molecular formula is C27H28N2O8. The first-order chi connectivity index (χ1) is 17.6. The van der Waals surface area contributed by atoms with Gasteiger partial charge in [0.1, 0.15) is 12.0 Å². The summed E-state index contributed by atoms with van der Waals surface area (Å²) in [6, 6.07) is 13.1. The highest BCUT2D eigenvalue weighted by molar-refractivity contribution is 6.10. The molecule has 10 nitrogen and oxygen atoms in total. The average Bonchev–Trinajstić information content (AvgIpc) is 3.18. The Bertz CT molecular complexity index is 1460. The van der Waals surface area contributed by atoms with Crippen molar-refractivity contribution in [3.05, 3.63) is 103 Å². The van der Waals surface area contributed by atoms with Gasteiger partial charge in [-0.1, -0.05) is 48.5 Å². The van der Waals surface area contributed by atoms with E-state index in [1.807, 2.05) is 0 Å². The van der Waals surface area contributed by atoms with Crippen LogP contribution in [0, 0.1) is 19.8 Å². The molecule has 194 valence electrons. The predicted molar refractivity (Wildman–Crippen MR) is 133 cm³/mol. The van der Waals surface area contributed by atoms with Crippen LogP contribution >= 0.6 is 0 Å². The molecule has 2 heterocycles. The molecule has 1 aliphatic heterocycles. The van der Waals surface area contributed by atoms with Gasteiger partial charge in [0.15, 0.2) is 23.4 Å². The van der Waals surface area contributed by atoms with Crippen molar-refractivity contribution in [1.29, 1.82) is 0 Å². The van der Waals surface area contributed by atoms with Crippen LogP contribution in [0.25, 0.3) is 0 Å². The minimum Gasteiger partial charge on any atom is -0.396 e. The largest absolute Gasteiger partial charge is 0.396 e. The number of carbonyl (C=O) groups is 2. The number of aliphatic hydroxyl groups is 3. The molecule has 0 unspecified atom stereocenters. The minimum atomic E-state index is -2.56. The second-order valence-corrected chi connectivity index (χ2v) is 9.12. The maximum Gasteiger partial charge on any atom is 0.330 e. The van der Waals surface area contributed by atoms with E-state index in [2.05, 4.69) is 4.98 Å². The molecule has 37 heavy (non-hydrogen) atoms. The molecule has 0 spiro atoms. The standard InChI is InChI=1S/C27H28N2O8/c1-15-7-3-5-9-18(15)22(32)21-25(29-13-17(11-12-30)24(34)28-26(29)35)37-20(14-31)27(21,36)23(33)19-10-6-4-8-16(19)2/h3-10,13,20-21,25,30-31,36H,11-12,14H2,1-2H3,(H,28,34,35)/t20-,21+,25-,27-/m1/s1. The normalized spacial score (nSPS) is 23.2. The summed E-state index contributed by atoms with van der Waals surface area (Å²) < 4.78 is 6.80. The van der Waals surface area contributed by atoms with E-state index in [1.54, 1.807) is 50.2 Å². The van der Waals surface area contributed by atoms with Gasteiger partial charge in [0, 0.05) is 35.9 Å². The van der Waals surface area contributed by atoms with Crippen molar-refractivity contribution in [2.45, 2.75) is 38.2 Å². The minimum absolute atomic E-state index is 0.0361. The Labute approximate surface area is 211 Å². The smallest absolute Gasteiger partial charge is 0.330 e. The number of aliphatic hydroxyl groups excluding tert-OH is 2. The molecule has 4 atom stereocenters. The fraction of sp³-hybridized carbons (Fsp3) is 0.333. The van der Waals surface area contributed by atoms with E-state index >= 15 is 0 Å². The molecule has 0 bridgehead atoms. The summed E-state index contributed by atoms with van der Waals surface area (Å²) in [4.78, 5) is 55.2. The van der Waals surface area contributed by atoms with Gasteiger partial charge in [-0.15, -0.1) is 0 Å². The van der Waals surface area contributed by atoms with E-state index in [4.69, 9.17) is 4.74 Å². The number of rotatable bonds is 8. The van der Waals surface area contributed by atoms with Gasteiger partial charge in [-0.3, -0.25) is 23.9 Å². The van der Waals surface area contributed by atoms with Gasteiger partial charge in [-0.25, -0.2) is 4.79 Å². The highest BCUT2D eigenvalue weighted by Gasteiger charge is 2.63. The van der Waals surface area contributed by atoms with Crippen LogP contribution in [0.2, 0.25) is 0 Å². The lowest BCUT2D eigenvalue weighted by molar-refractivity contribution is -0.0692. The molecule has 1 aliphatic rings. The summed E-state index contributed by atoms with van der Waals surface area (Å²) in [5.74, 6) is -3.18. The highest BCUT2D eigenvalue weighted by Crippen LogP contribution is 2.46. The number of benzene rings is 2. The molecule has 1 aromatic heterocycles. The third-order valence-electron chi connectivity index (χ3n) is 6.86. The number of carbonyl (C=O) groups excluding carboxylic acids is 2. The zero-order valence-corrected chi connectivity index (χ0v) is 20.4. The van der Waals surface area contributed by atoms with Gasteiger partial charge in [0.25, 0.3) is 5.56 Å². The molecule has 0 aliphatic carbocycles. The van der Waals surface area contributed by atoms with Crippen molar-refractivity contribution in [2.75, 3.05) is 13.2 Å². The number of aryl methyl sites for hydroxylation is 2. The Morgan fingerprint density at radius 3 is 2.16 bits per heavy atom. The Morgan fingerprint density at radius 2 is 1.59 bits per heavy atom. The quantitative estimate of drug-likeness (QED) is 0.324. The molecule has 1 fully saturated rings. The van der Waals surface area contributed by atoms with Crippen molar-refractivity contribution >= 4 is 11.6 Å². The summed E-state index contributed by atoms with van der Waals surface area (Å²) in [5.41, 5.74) is -2.75. The predicted octanol–water partition coefficient (Wildman–Crippen LogP) is 0.691. The third kappa shape index (κ3) is 4.49. The first kappa shape index (κ1) is 26.4. The van der Waals surface area contributed by atoms with Gasteiger partial charge < -0.3 is 20.1 Å². The van der Waals surface area contributed by atoms with Crippen LogP contribution in [-0.2, 0) is 11.2 Å². The number of ether oxygens (including phenoxy) is 1. The van der Waals surface area contributed by atoms with Crippen molar-refractivity contribution < 1.29 is 29.6 Å². The van der Waals surface area contributed by atoms with Crippen LogP contribution in [0.5, 0.6) is 0 Å². The van der Waals surface area contributed by atoms with Crippen LogP contribution in [0.15, 0.2) is 64.3 Å². The summed E-state index contributed by atoms with van der Waals surface area (Å²) in [7, 11) is 0. The third-order valence-corrected chi connectivity index (χ3v) is 6.86. The highest BCUT2D eigenvalue weighted by atomic mass is 16.6. The Morgan fingerprint density at radius 1 is 1.00 bits per heavy atom. The maximum absolute atomic E-state index is 14.0. The molecule has 3 aromatic rings. The Kier molecular flexibility index (Phi) is 7.37. The van der Waals surface area contributed by atoms with Gasteiger partial charge in [0.05, 0.1) is 6.61 Å². The molecule has 0 amide bonds. The lowest BCUT2D eigenvalue weighted by atomic mass is 9.74. The Hall–Kier alpha value is -3.70. The summed E-state index contributed by atoms with van der Waals surface area (Å²) in [6.07, 6.45) is -2.07. The Balaban J connectivity index is 1.97.